The van der Waals surface area contributed by atoms with E-state index in [1.54, 1.807) is 6.07 Å². The van der Waals surface area contributed by atoms with Crippen LogP contribution in [0.3, 0.4) is 0 Å². The molecule has 0 radical (unpaired) electrons. The van der Waals surface area contributed by atoms with Crippen molar-refractivity contribution in [2.45, 2.75) is 6.54 Å². The molecule has 26 heavy (non-hydrogen) atoms. The number of nitrogens with one attached hydrogen (secondary N) is 3. The Balaban J connectivity index is 1.68. The lowest BCUT2D eigenvalue weighted by atomic mass is 10.2. The van der Waals surface area contributed by atoms with Gasteiger partial charge in [-0.15, -0.1) is 0 Å². The van der Waals surface area contributed by atoms with Crippen molar-refractivity contribution in [1.82, 2.24) is 15.1 Å². The minimum Gasteiger partial charge on any atom is -0.365 e. The zero-order chi connectivity index (χ0) is 18.4. The number of rotatable bonds is 7. The van der Waals surface area contributed by atoms with E-state index in [0.29, 0.717) is 34.7 Å². The van der Waals surface area contributed by atoms with Gasteiger partial charge in [0.15, 0.2) is 5.82 Å². The van der Waals surface area contributed by atoms with Gasteiger partial charge in [-0.1, -0.05) is 35.5 Å². The van der Waals surface area contributed by atoms with Crippen molar-refractivity contribution in [3.8, 4) is 0 Å². The monoisotopic (exact) mass is 370 g/mol. The Labute approximate surface area is 154 Å². The molecule has 0 spiro atoms. The second-order valence-corrected chi connectivity index (χ2v) is 5.58. The number of anilines is 4. The quantitative estimate of drug-likeness (QED) is 0.545. The molecule has 0 atom stereocenters. The van der Waals surface area contributed by atoms with Crippen LogP contribution in [-0.4, -0.2) is 21.0 Å². The zero-order valence-corrected chi connectivity index (χ0v) is 14.3. The largest absolute Gasteiger partial charge is 0.365 e. The molecule has 1 aromatic carbocycles. The summed E-state index contributed by atoms with van der Waals surface area (Å²) in [6.45, 7) is 3.89. The number of hydrogen-bond donors (Lipinski definition) is 3. The summed E-state index contributed by atoms with van der Waals surface area (Å²) in [4.78, 5) is 19.8. The lowest BCUT2D eigenvalue weighted by molar-refractivity contribution is -0.111. The fourth-order valence-electron chi connectivity index (χ4n) is 2.09. The van der Waals surface area contributed by atoms with Gasteiger partial charge < -0.3 is 20.5 Å². The summed E-state index contributed by atoms with van der Waals surface area (Å²) in [5.41, 5.74) is 2.25. The maximum atomic E-state index is 11.4. The number of aromatic nitrogens is 3. The Bertz CT molecular complexity index is 913. The Morgan fingerprint density at radius 2 is 2.19 bits per heavy atom. The molecule has 1 amide bonds. The third-order valence-electron chi connectivity index (χ3n) is 3.27. The van der Waals surface area contributed by atoms with Gasteiger partial charge in [-0.2, -0.15) is 4.98 Å². The van der Waals surface area contributed by atoms with Crippen LogP contribution in [0.2, 0.25) is 5.02 Å². The number of halogens is 1. The van der Waals surface area contributed by atoms with E-state index in [0.717, 1.165) is 5.56 Å². The van der Waals surface area contributed by atoms with Gasteiger partial charge >= 0.3 is 0 Å². The Morgan fingerprint density at radius 1 is 1.31 bits per heavy atom. The van der Waals surface area contributed by atoms with Crippen LogP contribution in [0.15, 0.2) is 60.1 Å². The average molecular weight is 371 g/mol. The van der Waals surface area contributed by atoms with Gasteiger partial charge in [0.1, 0.15) is 17.0 Å². The van der Waals surface area contributed by atoms with Gasteiger partial charge in [-0.05, 0) is 23.8 Å². The van der Waals surface area contributed by atoms with Crippen molar-refractivity contribution >= 4 is 40.6 Å². The van der Waals surface area contributed by atoms with E-state index in [1.165, 1.54) is 24.7 Å². The van der Waals surface area contributed by atoms with Crippen LogP contribution < -0.4 is 16.0 Å². The van der Waals surface area contributed by atoms with Gasteiger partial charge in [-0.3, -0.25) is 4.79 Å². The molecule has 3 rings (SSSR count). The van der Waals surface area contributed by atoms with E-state index in [-0.39, 0.29) is 5.91 Å². The first-order chi connectivity index (χ1) is 12.6. The van der Waals surface area contributed by atoms with E-state index in [2.05, 4.69) is 37.7 Å². The van der Waals surface area contributed by atoms with Gasteiger partial charge in [0.25, 0.3) is 0 Å². The smallest absolute Gasteiger partial charge is 0.247 e. The SMILES string of the molecule is C=CC(=O)Nc1cccc(CNc2nc(Nc3cnoc3)ncc2Cl)c1. The van der Waals surface area contributed by atoms with Crippen molar-refractivity contribution < 1.29 is 9.32 Å². The van der Waals surface area contributed by atoms with E-state index in [9.17, 15) is 4.79 Å². The predicted octanol–water partition coefficient (Wildman–Crippen LogP) is 3.60. The lowest BCUT2D eigenvalue weighted by Gasteiger charge is -2.10. The third kappa shape index (κ3) is 4.58. The highest BCUT2D eigenvalue weighted by atomic mass is 35.5. The number of nitrogens with zero attached hydrogens (tertiary/aromatic N) is 3. The minimum atomic E-state index is -0.265. The summed E-state index contributed by atoms with van der Waals surface area (Å²) < 4.78 is 4.75. The van der Waals surface area contributed by atoms with Crippen molar-refractivity contribution in [1.29, 1.82) is 0 Å². The Kier molecular flexibility index (Phi) is 5.45. The molecule has 0 fully saturated rings. The first-order valence-electron chi connectivity index (χ1n) is 7.59. The van der Waals surface area contributed by atoms with Crippen molar-refractivity contribution in [2.75, 3.05) is 16.0 Å². The molecule has 132 valence electrons. The Hall–Kier alpha value is -3.39. The van der Waals surface area contributed by atoms with Gasteiger partial charge in [-0.25, -0.2) is 4.98 Å². The number of carbonyl (C=O) groups excluding carboxylic acids is 1. The van der Waals surface area contributed by atoms with Crippen LogP contribution in [0.1, 0.15) is 5.56 Å². The Morgan fingerprint density at radius 3 is 2.96 bits per heavy atom. The second kappa shape index (κ2) is 8.13. The average Bonchev–Trinajstić information content (AvgIpc) is 3.15. The summed E-state index contributed by atoms with van der Waals surface area (Å²) >= 11 is 6.15. The van der Waals surface area contributed by atoms with Crippen molar-refractivity contribution in [3.63, 3.8) is 0 Å². The molecule has 0 saturated carbocycles. The molecule has 9 heteroatoms. The molecule has 0 unspecified atom stereocenters. The highest BCUT2D eigenvalue weighted by molar-refractivity contribution is 6.32. The molecule has 3 N–H and O–H groups in total. The highest BCUT2D eigenvalue weighted by Crippen LogP contribution is 2.22. The molecular formula is C17H15ClN6O2. The molecular weight excluding hydrogens is 356 g/mol. The van der Waals surface area contributed by atoms with Crippen LogP contribution in [0.25, 0.3) is 0 Å². The topological polar surface area (TPSA) is 105 Å². The minimum absolute atomic E-state index is 0.265. The van der Waals surface area contributed by atoms with Crippen LogP contribution in [0.4, 0.5) is 23.1 Å². The zero-order valence-electron chi connectivity index (χ0n) is 13.6. The molecule has 3 aromatic rings. The number of hydrogen-bond acceptors (Lipinski definition) is 7. The summed E-state index contributed by atoms with van der Waals surface area (Å²) in [6, 6.07) is 7.40. The number of carbonyl (C=O) groups is 1. The molecule has 2 aromatic heterocycles. The standard InChI is InChI=1S/C17H15ClN6O2/c1-2-15(25)22-12-5-3-4-11(6-12)7-19-16-14(18)9-20-17(24-16)23-13-8-21-26-10-13/h2-6,8-10H,1,7H2,(H,22,25)(H2,19,20,23,24). The predicted molar refractivity (Wildman–Crippen MR) is 99.4 cm³/mol. The summed E-state index contributed by atoms with van der Waals surface area (Å²) in [7, 11) is 0. The first kappa shape index (κ1) is 17.4. The van der Waals surface area contributed by atoms with Crippen molar-refractivity contribution in [3.05, 3.63) is 66.2 Å². The summed E-state index contributed by atoms with van der Waals surface area (Å²) in [6.07, 6.45) is 5.66. The summed E-state index contributed by atoms with van der Waals surface area (Å²) in [5, 5.41) is 12.8. The highest BCUT2D eigenvalue weighted by Gasteiger charge is 2.07. The van der Waals surface area contributed by atoms with E-state index >= 15 is 0 Å². The van der Waals surface area contributed by atoms with Gasteiger partial charge in [0.2, 0.25) is 11.9 Å². The molecule has 2 heterocycles. The van der Waals surface area contributed by atoms with Crippen LogP contribution in [0.5, 0.6) is 0 Å². The van der Waals surface area contributed by atoms with Crippen LogP contribution >= 0.6 is 11.6 Å². The molecule has 0 bridgehead atoms. The maximum Gasteiger partial charge on any atom is 0.247 e. The maximum absolute atomic E-state index is 11.4. The molecule has 0 aliphatic carbocycles. The normalized spacial score (nSPS) is 10.2. The van der Waals surface area contributed by atoms with E-state index < -0.39 is 0 Å². The van der Waals surface area contributed by atoms with Crippen molar-refractivity contribution in [2.24, 2.45) is 0 Å². The fraction of sp³-hybridized carbons (Fsp3) is 0.0588. The van der Waals surface area contributed by atoms with Gasteiger partial charge in [0.05, 0.1) is 12.4 Å². The van der Waals surface area contributed by atoms with E-state index in [1.807, 2.05) is 18.2 Å². The molecule has 0 aliphatic rings. The second-order valence-electron chi connectivity index (χ2n) is 5.18. The summed E-state index contributed by atoms with van der Waals surface area (Å²) in [5.74, 6) is 0.562. The number of amides is 1. The fourth-order valence-corrected chi connectivity index (χ4v) is 2.24. The molecule has 8 nitrogen and oxygen atoms in total. The molecule has 0 saturated heterocycles. The number of benzene rings is 1. The molecule has 0 aliphatic heterocycles. The van der Waals surface area contributed by atoms with Gasteiger partial charge in [0, 0.05) is 12.2 Å². The van der Waals surface area contributed by atoms with E-state index in [4.69, 9.17) is 16.1 Å². The lowest BCUT2D eigenvalue weighted by Crippen LogP contribution is -2.08. The third-order valence-corrected chi connectivity index (χ3v) is 3.55. The van der Waals surface area contributed by atoms with Crippen LogP contribution in [0, 0.1) is 0 Å². The van der Waals surface area contributed by atoms with Crippen LogP contribution in [-0.2, 0) is 11.3 Å². The first-order valence-corrected chi connectivity index (χ1v) is 7.97.